The summed E-state index contributed by atoms with van der Waals surface area (Å²) in [6.07, 6.45) is 0. The first-order chi connectivity index (χ1) is 32.2. The van der Waals surface area contributed by atoms with E-state index in [1.165, 1.54) is 66.6 Å². The number of nitrogens with zero attached hydrogens (tertiary/aromatic N) is 2. The Bertz CT molecular complexity index is 3470. The predicted octanol–water partition coefficient (Wildman–Crippen LogP) is 16.0. The number of fused-ring (bicyclic) bond motifs is 4. The quantitative estimate of drug-likeness (QED) is 0.152. The lowest BCUT2D eigenvalue weighted by molar-refractivity contribution is 0.769. The zero-order valence-corrected chi connectivity index (χ0v) is 35.6. The van der Waals surface area contributed by atoms with E-state index in [9.17, 15) is 0 Å². The summed E-state index contributed by atoms with van der Waals surface area (Å²) < 4.78 is 0. The van der Waals surface area contributed by atoms with Crippen molar-refractivity contribution in [1.82, 2.24) is 9.97 Å². The average Bonchev–Trinajstić information content (AvgIpc) is 3.70. The van der Waals surface area contributed by atoms with Crippen molar-refractivity contribution in [3.8, 4) is 78.4 Å². The molecule has 0 bridgehead atoms. The molecule has 1 heterocycles. The van der Waals surface area contributed by atoms with E-state index < -0.39 is 5.41 Å². The first kappa shape index (κ1) is 38.2. The smallest absolute Gasteiger partial charge is 0.160 e. The van der Waals surface area contributed by atoms with Crippen molar-refractivity contribution in [3.05, 3.63) is 277 Å². The van der Waals surface area contributed by atoms with Gasteiger partial charge >= 0.3 is 0 Å². The minimum absolute atomic E-state index is 0.549. The first-order valence-electron chi connectivity index (χ1n) is 22.3. The number of aromatic nitrogens is 2. The van der Waals surface area contributed by atoms with Crippen LogP contribution in [0.3, 0.4) is 0 Å². The van der Waals surface area contributed by atoms with Gasteiger partial charge in [0.25, 0.3) is 0 Å². The minimum Gasteiger partial charge on any atom is -0.228 e. The molecule has 0 saturated carbocycles. The number of hydrogen-bond acceptors (Lipinski definition) is 2. The van der Waals surface area contributed by atoms with Gasteiger partial charge in [-0.2, -0.15) is 0 Å². The van der Waals surface area contributed by atoms with Gasteiger partial charge in [-0.15, -0.1) is 0 Å². The number of hydrogen-bond donors (Lipinski definition) is 0. The molecule has 11 aromatic rings. The Hall–Kier alpha value is -8.46. The third-order valence-electron chi connectivity index (χ3n) is 13.2. The van der Waals surface area contributed by atoms with Crippen LogP contribution in [0.2, 0.25) is 0 Å². The van der Waals surface area contributed by atoms with Crippen LogP contribution in [-0.4, -0.2) is 9.97 Å². The van der Waals surface area contributed by atoms with Gasteiger partial charge in [-0.1, -0.05) is 237 Å². The third-order valence-corrected chi connectivity index (χ3v) is 13.2. The molecule has 304 valence electrons. The minimum atomic E-state index is -0.549. The molecule has 0 unspecified atom stereocenters. The molecule has 0 aliphatic heterocycles. The summed E-state index contributed by atoms with van der Waals surface area (Å²) in [6, 6.07) is 92.0. The lowest BCUT2D eigenvalue weighted by Gasteiger charge is -2.34. The average molecular weight is 827 g/mol. The molecule has 1 aromatic heterocycles. The topological polar surface area (TPSA) is 25.8 Å². The Balaban J connectivity index is 1.06. The molecule has 0 radical (unpaired) electrons. The van der Waals surface area contributed by atoms with Crippen LogP contribution in [0.15, 0.2) is 255 Å². The second-order valence-electron chi connectivity index (χ2n) is 16.8. The van der Waals surface area contributed by atoms with Gasteiger partial charge in [-0.05, 0) is 95.7 Å². The first-order valence-corrected chi connectivity index (χ1v) is 22.3. The summed E-state index contributed by atoms with van der Waals surface area (Å²) >= 11 is 0. The van der Waals surface area contributed by atoms with Crippen molar-refractivity contribution in [3.63, 3.8) is 0 Å². The third kappa shape index (κ3) is 6.50. The highest BCUT2D eigenvalue weighted by Gasteiger charge is 2.47. The molecular weight excluding hydrogens is 785 g/mol. The van der Waals surface area contributed by atoms with E-state index in [-0.39, 0.29) is 0 Å². The molecule has 1 aliphatic carbocycles. The zero-order valence-electron chi connectivity index (χ0n) is 35.6. The van der Waals surface area contributed by atoms with Crippen LogP contribution in [0.1, 0.15) is 22.3 Å². The molecule has 10 aromatic carbocycles. The van der Waals surface area contributed by atoms with Gasteiger partial charge in [-0.3, -0.25) is 0 Å². The molecule has 0 atom stereocenters. The summed E-state index contributed by atoms with van der Waals surface area (Å²) in [4.78, 5) is 10.5. The van der Waals surface area contributed by atoms with E-state index in [4.69, 9.17) is 9.97 Å². The highest BCUT2D eigenvalue weighted by atomic mass is 14.9. The lowest BCUT2D eigenvalue weighted by atomic mass is 9.67. The van der Waals surface area contributed by atoms with Crippen molar-refractivity contribution in [2.45, 2.75) is 5.41 Å². The van der Waals surface area contributed by atoms with Crippen LogP contribution in [0, 0.1) is 0 Å². The van der Waals surface area contributed by atoms with Crippen molar-refractivity contribution in [2.75, 3.05) is 0 Å². The summed E-state index contributed by atoms with van der Waals surface area (Å²) in [5.41, 5.74) is 19.0. The molecule has 2 nitrogen and oxygen atoms in total. The molecule has 0 saturated heterocycles. The van der Waals surface area contributed by atoms with Gasteiger partial charge in [-0.25, -0.2) is 9.97 Å². The largest absolute Gasteiger partial charge is 0.228 e. The summed E-state index contributed by atoms with van der Waals surface area (Å²) in [7, 11) is 0. The molecule has 0 amide bonds. The van der Waals surface area contributed by atoms with Crippen LogP contribution in [0.4, 0.5) is 0 Å². The monoisotopic (exact) mass is 826 g/mol. The maximum atomic E-state index is 5.31. The number of benzene rings is 10. The molecule has 12 rings (SSSR count). The van der Waals surface area contributed by atoms with Crippen LogP contribution in [0.5, 0.6) is 0 Å². The van der Waals surface area contributed by atoms with Crippen molar-refractivity contribution in [1.29, 1.82) is 0 Å². The van der Waals surface area contributed by atoms with E-state index >= 15 is 0 Å². The van der Waals surface area contributed by atoms with Gasteiger partial charge in [0, 0.05) is 16.7 Å². The standard InChI is InChI=1S/C63H42N2/c1-6-20-43(21-7-1)46-26-18-27-48(40-46)59-42-60(65-62(64-59)45-24-10-3-11-25-45)55-39-38-51(53-32-16-17-33-54(53)55)47-36-37-56-58(41-47)63(49-28-12-4-13-29-49,50-30-14-5-15-31-50)57-35-19-34-52(61(56)57)44-22-8-2-9-23-44/h1-42H. The fourth-order valence-corrected chi connectivity index (χ4v) is 10.3. The predicted molar refractivity (Wildman–Crippen MR) is 269 cm³/mol. The van der Waals surface area contributed by atoms with E-state index in [0.717, 1.165) is 39.0 Å². The molecular formula is C63H42N2. The van der Waals surface area contributed by atoms with Gasteiger partial charge in [0.05, 0.1) is 16.8 Å². The Morgan fingerprint density at radius 1 is 0.262 bits per heavy atom. The van der Waals surface area contributed by atoms with Gasteiger partial charge < -0.3 is 0 Å². The highest BCUT2D eigenvalue weighted by Crippen LogP contribution is 2.59. The highest BCUT2D eigenvalue weighted by molar-refractivity contribution is 6.06. The second kappa shape index (κ2) is 16.0. The van der Waals surface area contributed by atoms with Gasteiger partial charge in [0.2, 0.25) is 0 Å². The Kier molecular flexibility index (Phi) is 9.43. The summed E-state index contributed by atoms with van der Waals surface area (Å²) in [5.74, 6) is 0.697. The fourth-order valence-electron chi connectivity index (χ4n) is 10.3. The molecule has 0 N–H and O–H groups in total. The molecule has 65 heavy (non-hydrogen) atoms. The molecule has 2 heteroatoms. The Morgan fingerprint density at radius 3 is 1.45 bits per heavy atom. The van der Waals surface area contributed by atoms with Crippen LogP contribution < -0.4 is 0 Å². The van der Waals surface area contributed by atoms with E-state index in [1.807, 2.05) is 18.2 Å². The van der Waals surface area contributed by atoms with E-state index in [1.54, 1.807) is 0 Å². The van der Waals surface area contributed by atoms with Gasteiger partial charge in [0.15, 0.2) is 5.82 Å². The molecule has 1 aliphatic rings. The Morgan fingerprint density at radius 2 is 0.769 bits per heavy atom. The maximum Gasteiger partial charge on any atom is 0.160 e. The van der Waals surface area contributed by atoms with Gasteiger partial charge in [0.1, 0.15) is 0 Å². The summed E-state index contributed by atoms with van der Waals surface area (Å²) in [5, 5.41) is 2.31. The van der Waals surface area contributed by atoms with Crippen molar-refractivity contribution in [2.24, 2.45) is 0 Å². The maximum absolute atomic E-state index is 5.31. The zero-order chi connectivity index (χ0) is 43.2. The van der Waals surface area contributed by atoms with E-state index in [2.05, 4.69) is 237 Å². The molecule has 0 spiro atoms. The van der Waals surface area contributed by atoms with E-state index in [0.29, 0.717) is 5.82 Å². The van der Waals surface area contributed by atoms with Crippen LogP contribution in [-0.2, 0) is 5.41 Å². The molecule has 0 fully saturated rings. The SMILES string of the molecule is c1ccc(-c2cccc(-c3cc(-c4ccc(-c5ccc6c(c5)C(c5ccccc5)(c5ccccc5)c5cccc(-c7ccccc7)c5-6)c5ccccc45)nc(-c4ccccc4)n3)c2)cc1. The van der Waals surface area contributed by atoms with Crippen molar-refractivity contribution >= 4 is 10.8 Å². The second-order valence-corrected chi connectivity index (χ2v) is 16.8. The summed E-state index contributed by atoms with van der Waals surface area (Å²) in [6.45, 7) is 0. The van der Waals surface area contributed by atoms with Crippen molar-refractivity contribution < 1.29 is 0 Å². The number of rotatable bonds is 8. The fraction of sp³-hybridized carbons (Fsp3) is 0.0159. The Labute approximate surface area is 379 Å². The normalized spacial score (nSPS) is 12.4. The van der Waals surface area contributed by atoms with Crippen LogP contribution in [0.25, 0.3) is 89.2 Å². The lowest BCUT2D eigenvalue weighted by Crippen LogP contribution is -2.28. The van der Waals surface area contributed by atoms with Crippen LogP contribution >= 0.6 is 0 Å².